The average Bonchev–Trinajstić information content (AvgIpc) is 2.42. The van der Waals surface area contributed by atoms with Gasteiger partial charge in [-0.05, 0) is 30.3 Å². The fourth-order valence-corrected chi connectivity index (χ4v) is 1.49. The normalized spacial score (nSPS) is 9.95. The number of pyridine rings is 1. The highest BCUT2D eigenvalue weighted by molar-refractivity contribution is 6.04. The predicted octanol–water partition coefficient (Wildman–Crippen LogP) is 1.75. The Hall–Kier alpha value is -2.76. The van der Waals surface area contributed by atoms with Crippen LogP contribution in [0.15, 0.2) is 36.5 Å². The first kappa shape index (κ1) is 12.7. The average molecular weight is 260 g/mol. The molecule has 1 aromatic heterocycles. The molecule has 0 radical (unpaired) electrons. The summed E-state index contributed by atoms with van der Waals surface area (Å²) in [6.07, 6.45) is 1.45. The van der Waals surface area contributed by atoms with E-state index in [9.17, 15) is 15.0 Å². The maximum atomic E-state index is 11.9. The lowest BCUT2D eigenvalue weighted by Gasteiger charge is -2.08. The number of amides is 1. The Morgan fingerprint density at radius 3 is 2.74 bits per heavy atom. The van der Waals surface area contributed by atoms with Crippen molar-refractivity contribution in [3.05, 3.63) is 42.1 Å². The summed E-state index contributed by atoms with van der Waals surface area (Å²) in [4.78, 5) is 15.8. The maximum Gasteiger partial charge on any atom is 0.257 e. The lowest BCUT2D eigenvalue weighted by atomic mass is 10.2. The number of aromatic nitrogens is 1. The molecule has 6 nitrogen and oxygen atoms in total. The minimum Gasteiger partial charge on any atom is -0.504 e. The minimum absolute atomic E-state index is 0.0558. The summed E-state index contributed by atoms with van der Waals surface area (Å²) in [6.45, 7) is 0. The number of carbonyl (C=O) groups excluding carboxylic acids is 1. The molecule has 98 valence electrons. The predicted molar refractivity (Wildman–Crippen MR) is 68.5 cm³/mol. The van der Waals surface area contributed by atoms with E-state index in [2.05, 4.69) is 10.3 Å². The van der Waals surface area contributed by atoms with Gasteiger partial charge in [-0.3, -0.25) is 4.79 Å². The Morgan fingerprint density at radius 2 is 2.05 bits per heavy atom. The van der Waals surface area contributed by atoms with Crippen molar-refractivity contribution in [2.45, 2.75) is 0 Å². The molecular weight excluding hydrogens is 248 g/mol. The van der Waals surface area contributed by atoms with E-state index in [0.717, 1.165) is 0 Å². The van der Waals surface area contributed by atoms with E-state index in [1.807, 2.05) is 0 Å². The number of rotatable bonds is 3. The molecule has 1 heterocycles. The molecule has 6 heteroatoms. The van der Waals surface area contributed by atoms with Gasteiger partial charge in [-0.2, -0.15) is 0 Å². The number of aromatic hydroxyl groups is 2. The Balaban J connectivity index is 2.23. The Morgan fingerprint density at radius 1 is 1.26 bits per heavy atom. The molecule has 0 saturated carbocycles. The molecule has 2 rings (SSSR count). The summed E-state index contributed by atoms with van der Waals surface area (Å²) >= 11 is 0. The van der Waals surface area contributed by atoms with Crippen LogP contribution in [-0.2, 0) is 0 Å². The van der Waals surface area contributed by atoms with Crippen LogP contribution in [0.1, 0.15) is 10.4 Å². The van der Waals surface area contributed by atoms with Crippen LogP contribution in [0.5, 0.6) is 17.2 Å². The molecule has 1 aromatic carbocycles. The fraction of sp³-hybridized carbons (Fsp3) is 0.0769. The zero-order chi connectivity index (χ0) is 13.8. The fourth-order valence-electron chi connectivity index (χ4n) is 1.49. The molecule has 0 bridgehead atoms. The van der Waals surface area contributed by atoms with Gasteiger partial charge in [-0.1, -0.05) is 0 Å². The van der Waals surface area contributed by atoms with E-state index in [0.29, 0.717) is 0 Å². The molecule has 1 amide bonds. The van der Waals surface area contributed by atoms with Gasteiger partial charge < -0.3 is 20.3 Å². The van der Waals surface area contributed by atoms with Gasteiger partial charge in [-0.25, -0.2) is 4.98 Å². The molecule has 0 unspecified atom stereocenters. The molecule has 0 spiro atoms. The number of hydrogen-bond donors (Lipinski definition) is 3. The van der Waals surface area contributed by atoms with Crippen LogP contribution in [0.2, 0.25) is 0 Å². The van der Waals surface area contributed by atoms with E-state index in [1.54, 1.807) is 6.07 Å². The highest BCUT2D eigenvalue weighted by Crippen LogP contribution is 2.27. The van der Waals surface area contributed by atoms with Crippen LogP contribution in [0.4, 0.5) is 5.82 Å². The first-order chi connectivity index (χ1) is 9.11. The second kappa shape index (κ2) is 5.26. The molecule has 3 N–H and O–H groups in total. The number of carbonyl (C=O) groups is 1. The van der Waals surface area contributed by atoms with Crippen LogP contribution in [0, 0.1) is 0 Å². The van der Waals surface area contributed by atoms with Crippen LogP contribution in [0.25, 0.3) is 0 Å². The molecule has 0 aliphatic rings. The lowest BCUT2D eigenvalue weighted by Crippen LogP contribution is -2.13. The van der Waals surface area contributed by atoms with Crippen molar-refractivity contribution in [1.29, 1.82) is 0 Å². The molecule has 0 saturated heterocycles. The van der Waals surface area contributed by atoms with E-state index < -0.39 is 5.91 Å². The summed E-state index contributed by atoms with van der Waals surface area (Å²) in [5, 5.41) is 21.4. The highest BCUT2D eigenvalue weighted by Gasteiger charge is 2.12. The SMILES string of the molecule is COc1cc(C(=O)Nc2ncccc2O)ccc1O. The van der Waals surface area contributed by atoms with Gasteiger partial charge in [-0.15, -0.1) is 0 Å². The van der Waals surface area contributed by atoms with Crippen molar-refractivity contribution >= 4 is 11.7 Å². The van der Waals surface area contributed by atoms with Gasteiger partial charge in [0.25, 0.3) is 5.91 Å². The van der Waals surface area contributed by atoms with E-state index in [4.69, 9.17) is 4.74 Å². The monoisotopic (exact) mass is 260 g/mol. The third-order valence-corrected chi connectivity index (χ3v) is 2.46. The minimum atomic E-state index is -0.465. The number of nitrogens with one attached hydrogen (secondary N) is 1. The number of ether oxygens (including phenoxy) is 1. The third kappa shape index (κ3) is 2.74. The number of benzene rings is 1. The number of nitrogens with zero attached hydrogens (tertiary/aromatic N) is 1. The highest BCUT2D eigenvalue weighted by atomic mass is 16.5. The molecule has 0 atom stereocenters. The number of methoxy groups -OCH3 is 1. The zero-order valence-corrected chi connectivity index (χ0v) is 10.1. The van der Waals surface area contributed by atoms with Crippen LogP contribution in [-0.4, -0.2) is 28.2 Å². The largest absolute Gasteiger partial charge is 0.504 e. The van der Waals surface area contributed by atoms with Gasteiger partial charge in [0.15, 0.2) is 23.1 Å². The van der Waals surface area contributed by atoms with Crippen LogP contribution in [0.3, 0.4) is 0 Å². The number of anilines is 1. The van der Waals surface area contributed by atoms with Gasteiger partial charge >= 0.3 is 0 Å². The Kier molecular flexibility index (Phi) is 3.51. The second-order valence-corrected chi connectivity index (χ2v) is 3.71. The van der Waals surface area contributed by atoms with Crippen molar-refractivity contribution in [3.63, 3.8) is 0 Å². The van der Waals surface area contributed by atoms with E-state index in [1.165, 1.54) is 37.6 Å². The first-order valence-electron chi connectivity index (χ1n) is 5.44. The summed E-state index contributed by atoms with van der Waals surface area (Å²) in [5.41, 5.74) is 0.278. The van der Waals surface area contributed by atoms with Crippen molar-refractivity contribution in [1.82, 2.24) is 4.98 Å². The van der Waals surface area contributed by atoms with Gasteiger partial charge in [0, 0.05) is 11.8 Å². The Bertz CT molecular complexity index is 613. The van der Waals surface area contributed by atoms with Crippen LogP contribution < -0.4 is 10.1 Å². The van der Waals surface area contributed by atoms with E-state index >= 15 is 0 Å². The van der Waals surface area contributed by atoms with Crippen molar-refractivity contribution < 1.29 is 19.7 Å². The van der Waals surface area contributed by atoms with Gasteiger partial charge in [0.05, 0.1) is 7.11 Å². The standard InChI is InChI=1S/C13H12N2O4/c1-19-11-7-8(4-5-9(11)16)13(18)15-12-10(17)3-2-6-14-12/h2-7,16-17H,1H3,(H,14,15,18). The third-order valence-electron chi connectivity index (χ3n) is 2.46. The topological polar surface area (TPSA) is 91.7 Å². The van der Waals surface area contributed by atoms with Gasteiger partial charge in [0.2, 0.25) is 0 Å². The van der Waals surface area contributed by atoms with Crippen molar-refractivity contribution in [2.75, 3.05) is 12.4 Å². The quantitative estimate of drug-likeness (QED) is 0.782. The Labute approximate surface area is 109 Å². The van der Waals surface area contributed by atoms with Crippen molar-refractivity contribution in [2.24, 2.45) is 0 Å². The molecular formula is C13H12N2O4. The second-order valence-electron chi connectivity index (χ2n) is 3.71. The van der Waals surface area contributed by atoms with Crippen molar-refractivity contribution in [3.8, 4) is 17.2 Å². The summed E-state index contributed by atoms with van der Waals surface area (Å²) < 4.78 is 4.91. The molecule has 19 heavy (non-hydrogen) atoms. The van der Waals surface area contributed by atoms with Crippen LogP contribution >= 0.6 is 0 Å². The molecule has 2 aromatic rings. The summed E-state index contributed by atoms with van der Waals surface area (Å²) in [7, 11) is 1.39. The molecule has 0 aliphatic heterocycles. The summed E-state index contributed by atoms with van der Waals surface area (Å²) in [6, 6.07) is 7.15. The zero-order valence-electron chi connectivity index (χ0n) is 10.1. The number of hydrogen-bond acceptors (Lipinski definition) is 5. The molecule has 0 aliphatic carbocycles. The van der Waals surface area contributed by atoms with Gasteiger partial charge in [0.1, 0.15) is 0 Å². The number of phenolic OH excluding ortho intramolecular Hbond substituents is 1. The molecule has 0 fully saturated rings. The maximum absolute atomic E-state index is 11.9. The smallest absolute Gasteiger partial charge is 0.257 e. The van der Waals surface area contributed by atoms with E-state index in [-0.39, 0.29) is 28.6 Å². The number of phenols is 1. The lowest BCUT2D eigenvalue weighted by molar-refractivity contribution is 0.102. The first-order valence-corrected chi connectivity index (χ1v) is 5.44. The summed E-state index contributed by atoms with van der Waals surface area (Å²) in [5.74, 6) is -0.383.